The number of rotatable bonds is 7. The van der Waals surface area contributed by atoms with Gasteiger partial charge < -0.3 is 14.6 Å². The lowest BCUT2D eigenvalue weighted by Gasteiger charge is -2.14. The molecular weight excluding hydrogens is 246 g/mol. The number of alkyl halides is 4. The van der Waals surface area contributed by atoms with Crippen molar-refractivity contribution in [2.75, 3.05) is 18.5 Å². The maximum Gasteiger partial charge on any atom is 0.330 e. The highest BCUT2D eigenvalue weighted by atomic mass is 19.3. The van der Waals surface area contributed by atoms with E-state index in [2.05, 4.69) is 24.7 Å². The Bertz CT molecular complexity index is 345. The van der Waals surface area contributed by atoms with Crippen molar-refractivity contribution in [3.05, 3.63) is 5.82 Å². The predicted molar refractivity (Wildman–Crippen MR) is 49.1 cm³/mol. The van der Waals surface area contributed by atoms with Gasteiger partial charge in [-0.3, -0.25) is 0 Å². The van der Waals surface area contributed by atoms with Crippen molar-refractivity contribution in [2.24, 2.45) is 0 Å². The third-order valence-corrected chi connectivity index (χ3v) is 1.64. The summed E-state index contributed by atoms with van der Waals surface area (Å²) >= 11 is 0. The Labute approximate surface area is 94.1 Å². The second kappa shape index (κ2) is 5.80. The number of hydrogen-bond acceptors (Lipinski definition) is 5. The molecule has 98 valence electrons. The summed E-state index contributed by atoms with van der Waals surface area (Å²) in [5.41, 5.74) is 0. The van der Waals surface area contributed by atoms with Gasteiger partial charge in [0.2, 0.25) is 0 Å². The Morgan fingerprint density at radius 3 is 2.76 bits per heavy atom. The van der Waals surface area contributed by atoms with Crippen LogP contribution >= 0.6 is 0 Å². The predicted octanol–water partition coefficient (Wildman–Crippen LogP) is 1.92. The molecular formula is C8H11F4N3O2. The van der Waals surface area contributed by atoms with Gasteiger partial charge in [-0.1, -0.05) is 5.16 Å². The topological polar surface area (TPSA) is 60.2 Å². The number of nitrogens with zero attached hydrogens (tertiary/aromatic N) is 2. The molecule has 0 atom stereocenters. The molecule has 1 aromatic rings. The fraction of sp³-hybridized carbons (Fsp3) is 0.750. The SMILES string of the molecule is CCNc1nc(COCC(F)(F)C(F)F)no1. The van der Waals surface area contributed by atoms with Gasteiger partial charge in [-0.05, 0) is 6.92 Å². The van der Waals surface area contributed by atoms with Crippen LogP contribution in [0.4, 0.5) is 23.6 Å². The summed E-state index contributed by atoms with van der Waals surface area (Å²) in [6.45, 7) is 0.530. The zero-order chi connectivity index (χ0) is 12.9. The summed E-state index contributed by atoms with van der Waals surface area (Å²) in [6.07, 6.45) is -3.76. The smallest absolute Gasteiger partial charge is 0.330 e. The summed E-state index contributed by atoms with van der Waals surface area (Å²) in [7, 11) is 0. The minimum Gasteiger partial charge on any atom is -0.367 e. The third-order valence-electron chi connectivity index (χ3n) is 1.64. The molecule has 0 aliphatic carbocycles. The number of aromatic nitrogens is 2. The van der Waals surface area contributed by atoms with Crippen LogP contribution in [0.5, 0.6) is 0 Å². The minimum absolute atomic E-state index is 0.00557. The van der Waals surface area contributed by atoms with Crippen LogP contribution in [-0.4, -0.2) is 35.6 Å². The van der Waals surface area contributed by atoms with Gasteiger partial charge in [-0.15, -0.1) is 0 Å². The first-order valence-corrected chi connectivity index (χ1v) is 4.76. The summed E-state index contributed by atoms with van der Waals surface area (Å²) in [4.78, 5) is 3.72. The largest absolute Gasteiger partial charge is 0.367 e. The molecule has 0 radical (unpaired) electrons. The van der Waals surface area contributed by atoms with Gasteiger partial charge in [0.25, 0.3) is 0 Å². The summed E-state index contributed by atoms with van der Waals surface area (Å²) in [5.74, 6) is -4.17. The van der Waals surface area contributed by atoms with Crippen LogP contribution in [0.15, 0.2) is 4.52 Å². The summed E-state index contributed by atoms with van der Waals surface area (Å²) in [5, 5.41) is 6.08. The number of ether oxygens (including phenoxy) is 1. The van der Waals surface area contributed by atoms with Crippen LogP contribution in [0.2, 0.25) is 0 Å². The Morgan fingerprint density at radius 2 is 2.18 bits per heavy atom. The summed E-state index contributed by atoms with van der Waals surface area (Å²) in [6, 6.07) is 0.117. The maximum atomic E-state index is 12.4. The van der Waals surface area contributed by atoms with Gasteiger partial charge in [0.1, 0.15) is 13.2 Å². The van der Waals surface area contributed by atoms with Crippen LogP contribution in [-0.2, 0) is 11.3 Å². The van der Waals surface area contributed by atoms with Gasteiger partial charge in [0.15, 0.2) is 5.82 Å². The average molecular weight is 257 g/mol. The van der Waals surface area contributed by atoms with Crippen molar-refractivity contribution in [1.82, 2.24) is 10.1 Å². The van der Waals surface area contributed by atoms with E-state index in [-0.39, 0.29) is 11.8 Å². The van der Waals surface area contributed by atoms with Crippen molar-refractivity contribution in [1.29, 1.82) is 0 Å². The standard InChI is InChI=1S/C8H11F4N3O2/c1-2-13-7-14-5(15-17-7)3-16-4-8(11,12)6(9)10/h6H,2-4H2,1H3,(H,13,14,15). The van der Waals surface area contributed by atoms with Crippen molar-refractivity contribution in [3.8, 4) is 0 Å². The molecule has 0 fully saturated rings. The second-order valence-electron chi connectivity index (χ2n) is 3.10. The van der Waals surface area contributed by atoms with Crippen LogP contribution in [0.3, 0.4) is 0 Å². The molecule has 0 aliphatic heterocycles. The van der Waals surface area contributed by atoms with E-state index in [0.717, 1.165) is 0 Å². The lowest BCUT2D eigenvalue weighted by Crippen LogP contribution is -2.32. The molecule has 0 amide bonds. The highest BCUT2D eigenvalue weighted by molar-refractivity contribution is 5.16. The van der Waals surface area contributed by atoms with Crippen LogP contribution in [0, 0.1) is 0 Å². The molecule has 0 unspecified atom stereocenters. The van der Waals surface area contributed by atoms with Crippen molar-refractivity contribution in [3.63, 3.8) is 0 Å². The average Bonchev–Trinajstić information content (AvgIpc) is 2.66. The first-order valence-electron chi connectivity index (χ1n) is 4.76. The molecule has 0 saturated carbocycles. The molecule has 0 aliphatic rings. The normalized spacial score (nSPS) is 12.1. The Morgan fingerprint density at radius 1 is 1.47 bits per heavy atom. The van der Waals surface area contributed by atoms with Crippen LogP contribution < -0.4 is 5.32 Å². The van der Waals surface area contributed by atoms with Crippen LogP contribution in [0.25, 0.3) is 0 Å². The molecule has 1 rings (SSSR count). The molecule has 0 spiro atoms. The number of nitrogens with one attached hydrogen (secondary N) is 1. The lowest BCUT2D eigenvalue weighted by molar-refractivity contribution is -0.168. The lowest BCUT2D eigenvalue weighted by atomic mass is 10.4. The Balaban J connectivity index is 2.35. The van der Waals surface area contributed by atoms with E-state index >= 15 is 0 Å². The van der Waals surface area contributed by atoms with Crippen molar-refractivity contribution >= 4 is 6.01 Å². The fourth-order valence-corrected chi connectivity index (χ4v) is 0.877. The first-order chi connectivity index (χ1) is 7.95. The zero-order valence-electron chi connectivity index (χ0n) is 8.92. The Kier molecular flexibility index (Phi) is 4.67. The highest BCUT2D eigenvalue weighted by Crippen LogP contribution is 2.23. The van der Waals surface area contributed by atoms with E-state index in [1.54, 1.807) is 6.92 Å². The van der Waals surface area contributed by atoms with Crippen molar-refractivity contribution in [2.45, 2.75) is 25.9 Å². The highest BCUT2D eigenvalue weighted by Gasteiger charge is 2.41. The van der Waals surface area contributed by atoms with Crippen molar-refractivity contribution < 1.29 is 26.8 Å². The fourth-order valence-electron chi connectivity index (χ4n) is 0.877. The molecule has 1 heterocycles. The molecule has 17 heavy (non-hydrogen) atoms. The van der Waals surface area contributed by atoms with Gasteiger partial charge >= 0.3 is 18.4 Å². The molecule has 1 aromatic heterocycles. The zero-order valence-corrected chi connectivity index (χ0v) is 8.92. The van der Waals surface area contributed by atoms with Gasteiger partial charge in [-0.2, -0.15) is 13.8 Å². The molecule has 5 nitrogen and oxygen atoms in total. The monoisotopic (exact) mass is 257 g/mol. The van der Waals surface area contributed by atoms with Crippen LogP contribution in [0.1, 0.15) is 12.7 Å². The van der Waals surface area contributed by atoms with E-state index in [1.807, 2.05) is 0 Å². The minimum atomic E-state index is -4.17. The quantitative estimate of drug-likeness (QED) is 0.756. The first kappa shape index (κ1) is 13.7. The van der Waals surface area contributed by atoms with E-state index in [9.17, 15) is 17.6 Å². The number of anilines is 1. The molecule has 0 bridgehead atoms. The Hall–Kier alpha value is -1.38. The summed E-state index contributed by atoms with van der Waals surface area (Å²) < 4.78 is 57.4. The van der Waals surface area contributed by atoms with E-state index in [4.69, 9.17) is 0 Å². The van der Waals surface area contributed by atoms with Gasteiger partial charge in [-0.25, -0.2) is 8.78 Å². The molecule has 0 saturated heterocycles. The third kappa shape index (κ3) is 4.17. The van der Waals surface area contributed by atoms with Gasteiger partial charge in [0.05, 0.1) is 0 Å². The number of halogens is 4. The molecule has 9 heteroatoms. The number of hydrogen-bond donors (Lipinski definition) is 1. The van der Waals surface area contributed by atoms with E-state index < -0.39 is 25.6 Å². The molecule has 1 N–H and O–H groups in total. The maximum absolute atomic E-state index is 12.4. The van der Waals surface area contributed by atoms with Gasteiger partial charge in [0, 0.05) is 6.54 Å². The van der Waals surface area contributed by atoms with E-state index in [1.165, 1.54) is 0 Å². The van der Waals surface area contributed by atoms with E-state index in [0.29, 0.717) is 6.54 Å². The molecule has 0 aromatic carbocycles. The second-order valence-corrected chi connectivity index (χ2v) is 3.10.